The van der Waals surface area contributed by atoms with E-state index in [-0.39, 0.29) is 59.4 Å². The number of anilines is 2. The maximum atomic E-state index is 13.4. The molecule has 0 spiro atoms. The molecular weight excluding hydrogens is 1060 g/mol. The fourth-order valence-corrected chi connectivity index (χ4v) is 11.5. The van der Waals surface area contributed by atoms with Crippen LogP contribution in [0.4, 0.5) is 11.6 Å². The lowest BCUT2D eigenvalue weighted by Crippen LogP contribution is -2.41. The van der Waals surface area contributed by atoms with E-state index in [0.717, 1.165) is 25.9 Å². The van der Waals surface area contributed by atoms with Crippen molar-refractivity contribution in [2.45, 2.75) is 122 Å². The molecule has 4 atom stereocenters. The van der Waals surface area contributed by atoms with Crippen LogP contribution >= 0.6 is 27.0 Å². The summed E-state index contributed by atoms with van der Waals surface area (Å²) in [7, 11) is -5.21. The van der Waals surface area contributed by atoms with Gasteiger partial charge >= 0.3 is 0 Å². The van der Waals surface area contributed by atoms with Crippen molar-refractivity contribution >= 4 is 71.3 Å². The lowest BCUT2D eigenvalue weighted by atomic mass is 9.97. The van der Waals surface area contributed by atoms with Gasteiger partial charge in [0, 0.05) is 66.4 Å². The standard InChI is InChI=1S/C27H34N6O3S.C27H33N5O3S.C2H3N.2H2S/c1-19-16-26(2,3)32(17-19)24-21(25(34)31-37(28,35)20-8-6-5-7-9-20)10-11-22(29-24)33-15-12-23(30-33)36-18-27(4)13-14-27;1-19-16-26(2,3)31(17-19)24-21(25(33)30-36(34)20-8-6-5-7-9-20)10-11-22(28-24)32-15-12-23(29-32)35-18-27(4)13-14-27;1-2-3;;/h5-12,15,19H,13-14,16-18H2,1-4H3,(H2,28,31,34,35);5-12,15,19H,13-14,16-18H2,1-4H3,(H,30,33);1H3;2*1H2/t19-,37?;19-,36?;;;/m00.../s1. The number of benzene rings is 2. The Balaban J connectivity index is 0.000000235. The quantitative estimate of drug-likeness (QED) is 0.0821. The predicted octanol–water partition coefficient (Wildman–Crippen LogP) is 10.1. The first-order valence-electron chi connectivity index (χ1n) is 25.7. The molecule has 2 aromatic carbocycles. The highest BCUT2D eigenvalue weighted by molar-refractivity contribution is 7.91. The largest absolute Gasteiger partial charge is 0.476 e. The fraction of sp³-hybridized carbons (Fsp3) is 0.446. The highest BCUT2D eigenvalue weighted by Gasteiger charge is 2.42. The van der Waals surface area contributed by atoms with E-state index in [2.05, 4.69) is 84.8 Å². The molecule has 3 N–H and O–H groups in total. The Labute approximate surface area is 475 Å². The Morgan fingerprint density at radius 1 is 0.692 bits per heavy atom. The van der Waals surface area contributed by atoms with Gasteiger partial charge in [0.1, 0.15) is 11.6 Å². The predicted molar refractivity (Wildman–Crippen MR) is 314 cm³/mol. The van der Waals surface area contributed by atoms with Gasteiger partial charge in [-0.25, -0.2) is 32.5 Å². The molecule has 2 unspecified atom stereocenters. The molecule has 78 heavy (non-hydrogen) atoms. The molecular formula is C56H74N12O6S4. The monoisotopic (exact) mass is 1140 g/mol. The van der Waals surface area contributed by atoms with Gasteiger partial charge in [0.15, 0.2) is 32.5 Å². The number of carbonyl (C=O) groups excluding carboxylic acids is 2. The van der Waals surface area contributed by atoms with Gasteiger partial charge in [-0.15, -0.1) is 10.2 Å². The van der Waals surface area contributed by atoms with E-state index in [0.29, 0.717) is 70.5 Å². The van der Waals surface area contributed by atoms with Crippen molar-refractivity contribution in [3.8, 4) is 29.5 Å². The van der Waals surface area contributed by atoms with E-state index in [1.807, 2.05) is 24.4 Å². The first-order chi connectivity index (χ1) is 36.0. The van der Waals surface area contributed by atoms with Gasteiger partial charge in [-0.3, -0.25) is 19.0 Å². The van der Waals surface area contributed by atoms with E-state index in [9.17, 15) is 18.0 Å². The van der Waals surface area contributed by atoms with Gasteiger partial charge in [0.2, 0.25) is 11.8 Å². The molecule has 418 valence electrons. The van der Waals surface area contributed by atoms with E-state index in [4.69, 9.17) is 29.5 Å². The number of rotatable bonds is 16. The summed E-state index contributed by atoms with van der Waals surface area (Å²) in [4.78, 5) is 41.6. The van der Waals surface area contributed by atoms with Gasteiger partial charge in [-0.1, -0.05) is 64.1 Å². The van der Waals surface area contributed by atoms with Crippen LogP contribution in [0, 0.1) is 38.8 Å². The second-order valence-corrected chi connectivity index (χ2v) is 25.5. The number of aromatic nitrogens is 6. The zero-order chi connectivity index (χ0) is 54.6. The molecule has 2 aliphatic heterocycles. The fourth-order valence-electron chi connectivity index (χ4n) is 9.65. The van der Waals surface area contributed by atoms with E-state index >= 15 is 0 Å². The minimum atomic E-state index is -3.54. The first kappa shape index (κ1) is 60.8. The summed E-state index contributed by atoms with van der Waals surface area (Å²) < 4.78 is 54.4. The molecule has 2 aliphatic carbocycles. The minimum Gasteiger partial charge on any atom is -0.476 e. The SMILES string of the molecule is CC#N.C[C@@H]1CN(c2nc(-n3ccc(OCC4(C)CC4)n3)ccc2C(=O)NS(=N)(=O)c2ccccc2)C(C)(C)C1.C[C@@H]1CN(c2nc(-n3ccc(OCC4(C)CC4)n3)ccc2C(=O)NS(=O)c2ccccc2)C(C)(C)C1.S.S. The van der Waals surface area contributed by atoms with Crippen molar-refractivity contribution in [3.05, 3.63) is 121 Å². The minimum absolute atomic E-state index is 0. The second-order valence-electron chi connectivity index (χ2n) is 22.5. The Bertz CT molecular complexity index is 3230. The van der Waals surface area contributed by atoms with Crippen LogP contribution in [0.5, 0.6) is 11.8 Å². The Kier molecular flexibility index (Phi) is 19.3. The van der Waals surface area contributed by atoms with Crippen LogP contribution in [0.1, 0.15) is 122 Å². The first-order valence-corrected chi connectivity index (χ1v) is 28.4. The number of nitrogens with zero attached hydrogens (tertiary/aromatic N) is 9. The number of carbonyl (C=O) groups is 2. The normalized spacial score (nSPS) is 19.7. The van der Waals surface area contributed by atoms with Crippen molar-refractivity contribution in [3.63, 3.8) is 0 Å². The summed E-state index contributed by atoms with van der Waals surface area (Å²) in [5, 5.41) is 16.4. The van der Waals surface area contributed by atoms with Crippen LogP contribution in [0.25, 0.3) is 11.6 Å². The average molecular weight is 1140 g/mol. The van der Waals surface area contributed by atoms with Crippen LogP contribution < -0.4 is 28.7 Å². The van der Waals surface area contributed by atoms with Gasteiger partial charge in [0.25, 0.3) is 11.8 Å². The number of hydrogen-bond acceptors (Lipinski definition) is 14. The lowest BCUT2D eigenvalue weighted by Gasteiger charge is -2.34. The number of nitriles is 1. The third-order valence-electron chi connectivity index (χ3n) is 14.3. The highest BCUT2D eigenvalue weighted by atomic mass is 32.2. The maximum Gasteiger partial charge on any atom is 0.267 e. The summed E-state index contributed by atoms with van der Waals surface area (Å²) in [5.74, 6) is 3.11. The lowest BCUT2D eigenvalue weighted by molar-refractivity contribution is 0.0973. The van der Waals surface area contributed by atoms with Crippen LogP contribution in [-0.4, -0.2) is 87.1 Å². The second kappa shape index (κ2) is 24.7. The smallest absolute Gasteiger partial charge is 0.267 e. The van der Waals surface area contributed by atoms with Gasteiger partial charge < -0.3 is 19.3 Å². The number of pyridine rings is 2. The number of ether oxygens (including phenoxy) is 2. The molecule has 2 saturated carbocycles. The molecule has 0 radical (unpaired) electrons. The van der Waals surface area contributed by atoms with Crippen LogP contribution in [0.15, 0.2) is 119 Å². The van der Waals surface area contributed by atoms with Crippen LogP contribution in [0.3, 0.4) is 0 Å². The molecule has 4 aliphatic rings. The molecule has 22 heteroatoms. The molecule has 2 saturated heterocycles. The molecule has 6 aromatic rings. The maximum absolute atomic E-state index is 13.4. The molecule has 4 aromatic heterocycles. The number of nitrogens with one attached hydrogen (secondary N) is 3. The molecule has 4 fully saturated rings. The topological polar surface area (TPSA) is 226 Å². The third-order valence-corrected chi connectivity index (χ3v) is 16.7. The molecule has 6 heterocycles. The van der Waals surface area contributed by atoms with Gasteiger partial charge in [-0.05, 0) is 127 Å². The van der Waals surface area contributed by atoms with Gasteiger partial charge in [-0.2, -0.15) is 32.3 Å². The van der Waals surface area contributed by atoms with E-state index < -0.39 is 32.7 Å². The van der Waals surface area contributed by atoms with Crippen molar-refractivity contribution < 1.29 is 27.5 Å². The molecule has 2 amide bonds. The average Bonchev–Trinajstić information content (AvgIpc) is 4.00. The summed E-state index contributed by atoms with van der Waals surface area (Å²) in [6.07, 6.45) is 10.2. The molecule has 10 rings (SSSR count). The third kappa shape index (κ3) is 14.8. The highest BCUT2D eigenvalue weighted by Crippen LogP contribution is 2.46. The number of amides is 2. The van der Waals surface area contributed by atoms with Gasteiger partial charge in [0.05, 0.1) is 40.2 Å². The Morgan fingerprint density at radius 2 is 1.10 bits per heavy atom. The summed E-state index contributed by atoms with van der Waals surface area (Å²) in [6, 6.07) is 29.5. The van der Waals surface area contributed by atoms with E-state index in [1.54, 1.807) is 100 Å². The van der Waals surface area contributed by atoms with Crippen LogP contribution in [0.2, 0.25) is 0 Å². The number of hydrogen-bond donors (Lipinski definition) is 3. The van der Waals surface area contributed by atoms with E-state index in [1.165, 1.54) is 32.6 Å². The Morgan fingerprint density at radius 3 is 1.50 bits per heavy atom. The van der Waals surface area contributed by atoms with Crippen molar-refractivity contribution in [2.24, 2.45) is 22.7 Å². The van der Waals surface area contributed by atoms with Crippen molar-refractivity contribution in [2.75, 3.05) is 36.1 Å². The molecule has 18 nitrogen and oxygen atoms in total. The van der Waals surface area contributed by atoms with Crippen LogP contribution in [-0.2, 0) is 20.9 Å². The zero-order valence-electron chi connectivity index (χ0n) is 45.9. The summed E-state index contributed by atoms with van der Waals surface area (Å²) >= 11 is 0. The molecule has 0 bridgehead atoms. The zero-order valence-corrected chi connectivity index (χ0v) is 49.5. The Hall–Kier alpha value is -6.41. The summed E-state index contributed by atoms with van der Waals surface area (Å²) in [5.41, 5.74) is 0.750. The summed E-state index contributed by atoms with van der Waals surface area (Å²) in [6.45, 7) is 21.6. The van der Waals surface area contributed by atoms with Crippen molar-refractivity contribution in [1.82, 2.24) is 39.0 Å². The van der Waals surface area contributed by atoms with Crippen molar-refractivity contribution in [1.29, 1.82) is 10.0 Å².